The normalized spacial score (nSPS) is 28.2. The Morgan fingerprint density at radius 3 is 2.27 bits per heavy atom. The number of alkyl halides is 2. The van der Waals surface area contributed by atoms with Crippen molar-refractivity contribution in [2.45, 2.75) is 57.4 Å². The Kier molecular flexibility index (Phi) is 5.96. The summed E-state index contributed by atoms with van der Waals surface area (Å²) < 4.78 is 28.3. The molecule has 2 unspecified atom stereocenters. The van der Waals surface area contributed by atoms with Crippen LogP contribution < -0.4 is 0 Å². The van der Waals surface area contributed by atoms with Crippen molar-refractivity contribution < 1.29 is 8.78 Å². The molecule has 2 aliphatic rings. The smallest absolute Gasteiger partial charge is 0.248 e. The van der Waals surface area contributed by atoms with Crippen LogP contribution in [0.4, 0.5) is 8.78 Å². The van der Waals surface area contributed by atoms with Crippen LogP contribution in [0.2, 0.25) is 5.02 Å². The lowest BCUT2D eigenvalue weighted by atomic mass is 9.73. The molecule has 3 rings (SSSR count). The number of nitrogens with zero attached hydrogens (tertiary/aromatic N) is 2. The first kappa shape index (κ1) is 20.0. The van der Waals surface area contributed by atoms with Crippen LogP contribution >= 0.6 is 11.6 Å². The first-order valence-electron chi connectivity index (χ1n) is 9.75. The molecule has 0 bridgehead atoms. The van der Waals surface area contributed by atoms with E-state index in [1.807, 2.05) is 24.3 Å². The summed E-state index contributed by atoms with van der Waals surface area (Å²) in [6.07, 6.45) is 0.551. The molecule has 0 amide bonds. The van der Waals surface area contributed by atoms with Crippen molar-refractivity contribution in [2.75, 3.05) is 32.7 Å². The van der Waals surface area contributed by atoms with E-state index in [0.29, 0.717) is 11.4 Å². The van der Waals surface area contributed by atoms with Gasteiger partial charge in [0.25, 0.3) is 0 Å². The molecule has 26 heavy (non-hydrogen) atoms. The van der Waals surface area contributed by atoms with E-state index in [1.54, 1.807) is 0 Å². The second kappa shape index (κ2) is 7.73. The van der Waals surface area contributed by atoms with Gasteiger partial charge in [0, 0.05) is 56.1 Å². The third-order valence-electron chi connectivity index (χ3n) is 6.06. The Morgan fingerprint density at radius 2 is 1.69 bits per heavy atom. The standard InChI is InChI=1S/C21H31ClF2N2/c1-20(2,3)26-12-10-25(11-13-26)15-17-14-21(23,24)9-8-19(17)16-4-6-18(22)7-5-16/h4-7,17,19H,8-15H2,1-3H3. The molecule has 5 heteroatoms. The van der Waals surface area contributed by atoms with Crippen LogP contribution in [0.25, 0.3) is 0 Å². The second-order valence-corrected chi connectivity index (χ2v) is 9.41. The maximum Gasteiger partial charge on any atom is 0.248 e. The van der Waals surface area contributed by atoms with Gasteiger partial charge in [-0.05, 0) is 56.7 Å². The van der Waals surface area contributed by atoms with E-state index < -0.39 is 5.92 Å². The van der Waals surface area contributed by atoms with Gasteiger partial charge in [-0.15, -0.1) is 0 Å². The predicted molar refractivity (Wildman–Crippen MR) is 104 cm³/mol. The molecule has 0 aromatic heterocycles. The number of hydrogen-bond acceptors (Lipinski definition) is 2. The Labute approximate surface area is 161 Å². The lowest BCUT2D eigenvalue weighted by Crippen LogP contribution is -2.54. The van der Waals surface area contributed by atoms with E-state index in [9.17, 15) is 8.78 Å². The van der Waals surface area contributed by atoms with E-state index in [1.165, 1.54) is 0 Å². The summed E-state index contributed by atoms with van der Waals surface area (Å²) in [7, 11) is 0. The minimum atomic E-state index is -2.53. The Bertz CT molecular complexity index is 589. The van der Waals surface area contributed by atoms with Crippen molar-refractivity contribution in [3.63, 3.8) is 0 Å². The molecule has 146 valence electrons. The van der Waals surface area contributed by atoms with Crippen LogP contribution in [0, 0.1) is 5.92 Å². The molecule has 2 nitrogen and oxygen atoms in total. The highest BCUT2D eigenvalue weighted by Crippen LogP contribution is 2.45. The van der Waals surface area contributed by atoms with Gasteiger partial charge in [0.2, 0.25) is 5.92 Å². The van der Waals surface area contributed by atoms with Gasteiger partial charge in [-0.1, -0.05) is 23.7 Å². The van der Waals surface area contributed by atoms with E-state index in [2.05, 4.69) is 30.6 Å². The van der Waals surface area contributed by atoms with Crippen molar-refractivity contribution in [3.05, 3.63) is 34.9 Å². The zero-order chi connectivity index (χ0) is 18.9. The van der Waals surface area contributed by atoms with Crippen molar-refractivity contribution in [3.8, 4) is 0 Å². The molecule has 0 radical (unpaired) electrons. The highest BCUT2D eigenvalue weighted by atomic mass is 35.5. The molecule has 1 saturated heterocycles. The van der Waals surface area contributed by atoms with Crippen molar-refractivity contribution >= 4 is 11.6 Å². The third-order valence-corrected chi connectivity index (χ3v) is 6.31. The summed E-state index contributed by atoms with van der Waals surface area (Å²) in [6, 6.07) is 7.79. The van der Waals surface area contributed by atoms with E-state index in [-0.39, 0.29) is 30.2 Å². The molecule has 1 aromatic carbocycles. The Balaban J connectivity index is 1.67. The summed E-state index contributed by atoms with van der Waals surface area (Å²) in [5.74, 6) is -2.32. The third kappa shape index (κ3) is 4.96. The zero-order valence-electron chi connectivity index (χ0n) is 16.1. The number of halogens is 3. The topological polar surface area (TPSA) is 6.48 Å². The van der Waals surface area contributed by atoms with E-state index in [0.717, 1.165) is 38.3 Å². The Hall–Kier alpha value is -0.710. The van der Waals surface area contributed by atoms with Gasteiger partial charge < -0.3 is 4.90 Å². The van der Waals surface area contributed by atoms with Gasteiger partial charge in [-0.25, -0.2) is 8.78 Å². The van der Waals surface area contributed by atoms with Crippen LogP contribution in [-0.2, 0) is 0 Å². The molecule has 1 aromatic rings. The van der Waals surface area contributed by atoms with E-state index in [4.69, 9.17) is 11.6 Å². The fourth-order valence-electron chi connectivity index (χ4n) is 4.50. The van der Waals surface area contributed by atoms with Crippen molar-refractivity contribution in [2.24, 2.45) is 5.92 Å². The second-order valence-electron chi connectivity index (χ2n) is 8.98. The van der Waals surface area contributed by atoms with Crippen molar-refractivity contribution in [1.82, 2.24) is 9.80 Å². The minimum absolute atomic E-state index is 0.000220. The number of rotatable bonds is 3. The zero-order valence-corrected chi connectivity index (χ0v) is 16.9. The summed E-state index contributed by atoms with van der Waals surface area (Å²) in [4.78, 5) is 4.87. The van der Waals surface area contributed by atoms with Crippen LogP contribution in [0.5, 0.6) is 0 Å². The lowest BCUT2D eigenvalue weighted by molar-refractivity contribution is -0.0661. The molecule has 2 atom stereocenters. The molecule has 1 saturated carbocycles. The fraction of sp³-hybridized carbons (Fsp3) is 0.714. The van der Waals surface area contributed by atoms with Gasteiger partial charge in [-0.3, -0.25) is 4.90 Å². The predicted octanol–water partition coefficient (Wildman–Crippen LogP) is 5.28. The lowest BCUT2D eigenvalue weighted by Gasteiger charge is -2.45. The first-order chi connectivity index (χ1) is 12.1. The quantitative estimate of drug-likeness (QED) is 0.699. The van der Waals surface area contributed by atoms with E-state index >= 15 is 0 Å². The Morgan fingerprint density at radius 1 is 1.08 bits per heavy atom. The first-order valence-corrected chi connectivity index (χ1v) is 10.1. The largest absolute Gasteiger partial charge is 0.300 e. The fourth-order valence-corrected chi connectivity index (χ4v) is 4.63. The summed E-state index contributed by atoms with van der Waals surface area (Å²) >= 11 is 6.01. The highest BCUT2D eigenvalue weighted by Gasteiger charge is 2.42. The number of benzene rings is 1. The van der Waals surface area contributed by atoms with Crippen LogP contribution in [0.3, 0.4) is 0 Å². The molecule has 1 heterocycles. The summed E-state index contributed by atoms with van der Waals surface area (Å²) in [5, 5.41) is 0.699. The van der Waals surface area contributed by atoms with Crippen molar-refractivity contribution in [1.29, 1.82) is 0 Å². The molecule has 1 aliphatic carbocycles. The summed E-state index contributed by atoms with van der Waals surface area (Å²) in [5.41, 5.74) is 1.33. The average molecular weight is 385 g/mol. The van der Waals surface area contributed by atoms with Crippen LogP contribution in [0.15, 0.2) is 24.3 Å². The SMILES string of the molecule is CC(C)(C)N1CCN(CC2CC(F)(F)CCC2c2ccc(Cl)cc2)CC1. The molecular weight excluding hydrogens is 354 g/mol. The van der Waals surface area contributed by atoms with Gasteiger partial charge in [0.05, 0.1) is 0 Å². The number of hydrogen-bond donors (Lipinski definition) is 0. The molecule has 0 N–H and O–H groups in total. The maximum absolute atomic E-state index is 14.1. The molecule has 1 aliphatic heterocycles. The van der Waals surface area contributed by atoms with Gasteiger partial charge in [0.1, 0.15) is 0 Å². The van der Waals surface area contributed by atoms with Crippen LogP contribution in [0.1, 0.15) is 51.5 Å². The maximum atomic E-state index is 14.1. The van der Waals surface area contributed by atoms with Gasteiger partial charge in [0.15, 0.2) is 0 Å². The van der Waals surface area contributed by atoms with Crippen LogP contribution in [-0.4, -0.2) is 54.0 Å². The highest BCUT2D eigenvalue weighted by molar-refractivity contribution is 6.30. The summed E-state index contributed by atoms with van der Waals surface area (Å²) in [6.45, 7) is 11.4. The molecule has 2 fully saturated rings. The average Bonchev–Trinajstić information content (AvgIpc) is 2.55. The van der Waals surface area contributed by atoms with Gasteiger partial charge in [-0.2, -0.15) is 0 Å². The minimum Gasteiger partial charge on any atom is -0.300 e. The monoisotopic (exact) mass is 384 g/mol. The van der Waals surface area contributed by atoms with Gasteiger partial charge >= 0.3 is 0 Å². The molecular formula is C21H31ClF2N2. The number of piperazine rings is 1. The molecule has 0 spiro atoms.